The highest BCUT2D eigenvalue weighted by molar-refractivity contribution is 4.71. The van der Waals surface area contributed by atoms with Gasteiger partial charge in [-0.05, 0) is 77.8 Å². The lowest BCUT2D eigenvalue weighted by Crippen LogP contribution is -2.43. The Kier molecular flexibility index (Phi) is 73.2. The van der Waals surface area contributed by atoms with Crippen molar-refractivity contribution in [2.24, 2.45) is 0 Å². The summed E-state index contributed by atoms with van der Waals surface area (Å²) in [6, 6.07) is 0. The average Bonchev–Trinajstić information content (AvgIpc) is 3.49. The third kappa shape index (κ3) is 65.8. The minimum Gasteiger partial charge on any atom is -0.302 e. The smallest absolute Gasteiger partial charge is 0.0110 e. The van der Waals surface area contributed by atoms with E-state index in [1.165, 1.54) is 464 Å². The van der Waals surface area contributed by atoms with E-state index < -0.39 is 0 Å². The van der Waals surface area contributed by atoms with Crippen LogP contribution in [-0.4, -0.2) is 98.1 Å². The van der Waals surface area contributed by atoms with Crippen molar-refractivity contribution in [1.82, 2.24) is 19.6 Å². The van der Waals surface area contributed by atoms with Crippen LogP contribution in [0.3, 0.4) is 0 Å². The lowest BCUT2D eigenvalue weighted by Gasteiger charge is -2.32. The van der Waals surface area contributed by atoms with Crippen LogP contribution >= 0.6 is 0 Å². The molecular formula is C78H162N4. The molecule has 0 spiro atoms. The molecule has 0 atom stereocenters. The van der Waals surface area contributed by atoms with Gasteiger partial charge in [0.15, 0.2) is 0 Å². The van der Waals surface area contributed by atoms with Gasteiger partial charge in [0.05, 0.1) is 0 Å². The fraction of sp³-hybridized carbons (Fsp3) is 1.00. The molecule has 0 aliphatic carbocycles. The van der Waals surface area contributed by atoms with Crippen LogP contribution < -0.4 is 0 Å². The summed E-state index contributed by atoms with van der Waals surface area (Å²) in [4.78, 5) is 11.9. The van der Waals surface area contributed by atoms with Gasteiger partial charge < -0.3 is 19.6 Å². The van der Waals surface area contributed by atoms with Crippen molar-refractivity contribution in [2.75, 3.05) is 78.5 Å². The maximum atomic E-state index is 2.99. The minimum atomic E-state index is 1.27. The highest BCUT2D eigenvalue weighted by Crippen LogP contribution is 2.18. The van der Waals surface area contributed by atoms with Crippen molar-refractivity contribution < 1.29 is 0 Å². The van der Waals surface area contributed by atoms with E-state index in [4.69, 9.17) is 0 Å². The van der Waals surface area contributed by atoms with Crippen LogP contribution in [-0.2, 0) is 0 Å². The van der Waals surface area contributed by atoms with E-state index in [1.807, 2.05) is 0 Å². The van der Waals surface area contributed by atoms with Crippen LogP contribution in [0.2, 0.25) is 0 Å². The Morgan fingerprint density at radius 2 is 0.183 bits per heavy atom. The molecule has 0 heterocycles. The van der Waals surface area contributed by atoms with Crippen LogP contribution in [0.15, 0.2) is 0 Å². The molecule has 0 radical (unpaired) electrons. The first-order valence-electron chi connectivity index (χ1n) is 39.5. The quantitative estimate of drug-likeness (QED) is 0.0563. The number of hydrogen-bond donors (Lipinski definition) is 0. The topological polar surface area (TPSA) is 13.0 Å². The molecule has 0 saturated heterocycles. The lowest BCUT2D eigenvalue weighted by molar-refractivity contribution is 0.155. The Labute approximate surface area is 522 Å². The number of nitrogens with zero attached hydrogens (tertiary/aromatic N) is 4. The fourth-order valence-electron chi connectivity index (χ4n) is 13.1. The molecule has 82 heavy (non-hydrogen) atoms. The summed E-state index contributed by atoms with van der Waals surface area (Å²) in [6.07, 6.45) is 86.4. The molecule has 0 bridgehead atoms. The third-order valence-corrected chi connectivity index (χ3v) is 19.2. The predicted molar refractivity (Wildman–Crippen MR) is 377 cm³/mol. The van der Waals surface area contributed by atoms with Crippen LogP contribution in [0.4, 0.5) is 0 Å². The zero-order valence-corrected chi connectivity index (χ0v) is 58.7. The Balaban J connectivity index is 6.03. The first-order valence-corrected chi connectivity index (χ1v) is 39.5. The van der Waals surface area contributed by atoms with Gasteiger partial charge in [-0.1, -0.05) is 388 Å². The summed E-state index contributed by atoms with van der Waals surface area (Å²) in [5.74, 6) is 0. The largest absolute Gasteiger partial charge is 0.302 e. The summed E-state index contributed by atoms with van der Waals surface area (Å²) in [5, 5.41) is 0. The van der Waals surface area contributed by atoms with Crippen molar-refractivity contribution in [3.8, 4) is 0 Å². The van der Waals surface area contributed by atoms with Crippen molar-refractivity contribution >= 4 is 0 Å². The minimum absolute atomic E-state index is 1.27. The average molecular weight is 1160 g/mol. The maximum Gasteiger partial charge on any atom is 0.0110 e. The van der Waals surface area contributed by atoms with Crippen molar-refractivity contribution in [3.63, 3.8) is 0 Å². The van der Waals surface area contributed by atoms with E-state index in [9.17, 15) is 0 Å². The zero-order chi connectivity index (χ0) is 59.2. The van der Waals surface area contributed by atoms with Gasteiger partial charge in [-0.15, -0.1) is 0 Å². The zero-order valence-electron chi connectivity index (χ0n) is 58.7. The number of rotatable bonds is 75. The normalized spacial score (nSPS) is 12.1. The molecule has 0 aromatic heterocycles. The first kappa shape index (κ1) is 81.8. The summed E-state index contributed by atoms with van der Waals surface area (Å²) in [7, 11) is 0. The molecule has 0 aliphatic heterocycles. The van der Waals surface area contributed by atoms with Gasteiger partial charge in [0.2, 0.25) is 0 Å². The van der Waals surface area contributed by atoms with Gasteiger partial charge in [0, 0.05) is 39.3 Å². The van der Waals surface area contributed by atoms with E-state index in [-0.39, 0.29) is 0 Å². The van der Waals surface area contributed by atoms with Crippen molar-refractivity contribution in [1.29, 1.82) is 0 Å². The summed E-state index contributed by atoms with van der Waals surface area (Å²) in [6.45, 7) is 29.7. The molecule has 0 aromatic carbocycles. The molecule has 494 valence electrons. The van der Waals surface area contributed by atoms with Crippen molar-refractivity contribution in [2.45, 2.75) is 427 Å². The molecule has 4 nitrogen and oxygen atoms in total. The Morgan fingerprint density at radius 1 is 0.0976 bits per heavy atom. The van der Waals surface area contributed by atoms with Crippen molar-refractivity contribution in [3.05, 3.63) is 0 Å². The van der Waals surface area contributed by atoms with Gasteiger partial charge in [0.1, 0.15) is 0 Å². The van der Waals surface area contributed by atoms with E-state index in [0.717, 1.165) is 0 Å². The van der Waals surface area contributed by atoms with Crippen LogP contribution in [0.25, 0.3) is 0 Å². The van der Waals surface area contributed by atoms with E-state index in [1.54, 1.807) is 0 Å². The van der Waals surface area contributed by atoms with Gasteiger partial charge >= 0.3 is 0 Å². The van der Waals surface area contributed by atoms with E-state index in [2.05, 4.69) is 61.1 Å². The maximum absolute atomic E-state index is 2.99. The number of hydrogen-bond acceptors (Lipinski definition) is 4. The second-order valence-corrected chi connectivity index (χ2v) is 27.5. The van der Waals surface area contributed by atoms with Crippen LogP contribution in [0.1, 0.15) is 427 Å². The monoisotopic (exact) mass is 1160 g/mol. The highest BCUT2D eigenvalue weighted by Gasteiger charge is 2.15. The lowest BCUT2D eigenvalue weighted by atomic mass is 10.1. The molecule has 0 amide bonds. The molecule has 0 aromatic rings. The molecule has 0 unspecified atom stereocenters. The van der Waals surface area contributed by atoms with Gasteiger partial charge in [-0.2, -0.15) is 0 Å². The van der Waals surface area contributed by atoms with Crippen LogP contribution in [0, 0.1) is 0 Å². The molecular weight excluding hydrogens is 993 g/mol. The standard InChI is InChI=1S/C78H162N4/c1-7-13-19-25-31-37-43-49-55-61-67-79(68-62-56-50-44-38-32-26-20-14-8-2)73-75-81(71-65-59-53-47-41-35-29-23-17-11-5)77-78-82(72-66-60-54-48-42-36-30-24-18-12-6)76-74-80(69-63-57-51-45-39-33-27-21-15-9-3)70-64-58-52-46-40-34-28-22-16-10-4/h7-78H2,1-6H3. The summed E-state index contributed by atoms with van der Waals surface area (Å²) in [5.41, 5.74) is 0. The Hall–Kier alpha value is -0.160. The second kappa shape index (κ2) is 73.3. The van der Waals surface area contributed by atoms with Gasteiger partial charge in [-0.25, -0.2) is 0 Å². The van der Waals surface area contributed by atoms with Crippen LogP contribution in [0.5, 0.6) is 0 Å². The van der Waals surface area contributed by atoms with Gasteiger partial charge in [0.25, 0.3) is 0 Å². The SMILES string of the molecule is CCCCCCCCCCCCN(CCCCCCCCCCCC)CCN(CCCCCCCCCCCC)CCN(CCCCCCCCCCCC)CCN(CCCCCCCCCCCC)CCCCCCCCCCCC. The molecule has 0 N–H and O–H groups in total. The van der Waals surface area contributed by atoms with Gasteiger partial charge in [-0.3, -0.25) is 0 Å². The highest BCUT2D eigenvalue weighted by atomic mass is 15.2. The first-order chi connectivity index (χ1) is 40.6. The molecule has 0 rings (SSSR count). The predicted octanol–water partition coefficient (Wildman–Crippen LogP) is 25.7. The summed E-state index contributed by atoms with van der Waals surface area (Å²) < 4.78 is 0. The summed E-state index contributed by atoms with van der Waals surface area (Å²) >= 11 is 0. The molecule has 0 saturated carbocycles. The third-order valence-electron chi connectivity index (χ3n) is 19.2. The van der Waals surface area contributed by atoms with E-state index >= 15 is 0 Å². The van der Waals surface area contributed by atoms with E-state index in [0.29, 0.717) is 0 Å². The molecule has 4 heteroatoms. The molecule has 0 fully saturated rings. The Morgan fingerprint density at radius 3 is 0.293 bits per heavy atom. The number of unbranched alkanes of at least 4 members (excludes halogenated alkanes) is 54. The Bertz CT molecular complexity index is 965. The molecule has 0 aliphatic rings. The second-order valence-electron chi connectivity index (χ2n) is 27.5. The fourth-order valence-corrected chi connectivity index (χ4v) is 13.1.